The fourth-order valence-corrected chi connectivity index (χ4v) is 4.59. The lowest BCUT2D eigenvalue weighted by Crippen LogP contribution is -2.28. The normalized spacial score (nSPS) is 12.0. The zero-order chi connectivity index (χ0) is 22.2. The number of thiazole rings is 1. The summed E-state index contributed by atoms with van der Waals surface area (Å²) >= 11 is 4.56. The summed E-state index contributed by atoms with van der Waals surface area (Å²) in [6.45, 7) is 2.00. The van der Waals surface area contributed by atoms with E-state index in [0.29, 0.717) is 22.5 Å². The van der Waals surface area contributed by atoms with E-state index in [-0.39, 0.29) is 16.2 Å². The average Bonchev–Trinajstić information content (AvgIpc) is 3.35. The smallest absolute Gasteiger partial charge is 0.296 e. The van der Waals surface area contributed by atoms with E-state index in [1.165, 1.54) is 4.52 Å². The lowest BCUT2D eigenvalue weighted by Gasteiger charge is -2.01. The van der Waals surface area contributed by atoms with Gasteiger partial charge in [0.15, 0.2) is 0 Å². The molecular weight excluding hydrogens is 490 g/mol. The fourth-order valence-electron chi connectivity index (χ4n) is 3.31. The second-order valence-corrected chi connectivity index (χ2v) is 9.27. The molecule has 3 heterocycles. The first-order valence-corrected chi connectivity index (χ1v) is 11.4. The molecule has 0 unspecified atom stereocenters. The number of hydrogen-bond acceptors (Lipinski definition) is 6. The van der Waals surface area contributed by atoms with Crippen molar-refractivity contribution in [3.8, 4) is 11.3 Å². The zero-order valence-electron chi connectivity index (χ0n) is 16.9. The molecule has 2 aromatic carbocycles. The molecule has 0 fully saturated rings. The molecule has 3 aromatic heterocycles. The van der Waals surface area contributed by atoms with Gasteiger partial charge < -0.3 is 4.42 Å². The topological polar surface area (TPSA) is 77.5 Å². The Morgan fingerprint density at radius 3 is 2.69 bits per heavy atom. The van der Waals surface area contributed by atoms with Gasteiger partial charge in [0.1, 0.15) is 21.7 Å². The summed E-state index contributed by atoms with van der Waals surface area (Å²) in [5.74, 6) is 1.23. The Hall–Kier alpha value is -3.36. The van der Waals surface area contributed by atoms with Gasteiger partial charge in [-0.2, -0.15) is 14.6 Å². The molecule has 5 rings (SSSR count). The van der Waals surface area contributed by atoms with Crippen molar-refractivity contribution in [2.75, 3.05) is 0 Å². The van der Waals surface area contributed by atoms with Gasteiger partial charge in [-0.3, -0.25) is 9.59 Å². The van der Waals surface area contributed by atoms with Gasteiger partial charge in [-0.1, -0.05) is 69.2 Å². The van der Waals surface area contributed by atoms with E-state index in [1.54, 1.807) is 12.1 Å². The van der Waals surface area contributed by atoms with E-state index in [9.17, 15) is 9.59 Å². The number of nitrogens with zero attached hydrogens (tertiary/aromatic N) is 3. The van der Waals surface area contributed by atoms with Crippen LogP contribution >= 0.6 is 27.3 Å². The van der Waals surface area contributed by atoms with Crippen LogP contribution in [0.3, 0.4) is 0 Å². The van der Waals surface area contributed by atoms with Gasteiger partial charge in [0, 0.05) is 22.5 Å². The van der Waals surface area contributed by atoms with Crippen LogP contribution in [0.5, 0.6) is 0 Å². The average molecular weight is 506 g/mol. The first-order valence-electron chi connectivity index (χ1n) is 9.82. The van der Waals surface area contributed by atoms with Crippen LogP contribution in [0, 0.1) is 6.92 Å². The lowest BCUT2D eigenvalue weighted by atomic mass is 10.1. The van der Waals surface area contributed by atoms with Crippen molar-refractivity contribution >= 4 is 38.3 Å². The highest BCUT2D eigenvalue weighted by molar-refractivity contribution is 9.10. The van der Waals surface area contributed by atoms with Crippen LogP contribution in [0.1, 0.15) is 22.6 Å². The van der Waals surface area contributed by atoms with E-state index >= 15 is 0 Å². The number of rotatable bonds is 4. The maximum atomic E-state index is 12.9. The Morgan fingerprint density at radius 1 is 1.09 bits per heavy atom. The summed E-state index contributed by atoms with van der Waals surface area (Å²) in [4.78, 5) is 29.7. The minimum absolute atomic E-state index is 0.239. The molecule has 0 saturated heterocycles. The molecule has 0 spiro atoms. The Kier molecular flexibility index (Phi) is 5.32. The monoisotopic (exact) mass is 505 g/mol. The summed E-state index contributed by atoms with van der Waals surface area (Å²) < 4.78 is 8.44. The quantitative estimate of drug-likeness (QED) is 0.369. The van der Waals surface area contributed by atoms with Crippen molar-refractivity contribution in [1.82, 2.24) is 14.6 Å². The van der Waals surface area contributed by atoms with Crippen molar-refractivity contribution in [2.24, 2.45) is 0 Å². The number of benzene rings is 2. The second kappa shape index (κ2) is 8.29. The van der Waals surface area contributed by atoms with Crippen molar-refractivity contribution in [3.63, 3.8) is 0 Å². The molecule has 6 nitrogen and oxygen atoms in total. The number of hydrogen-bond donors (Lipinski definition) is 0. The molecule has 0 radical (unpaired) electrons. The van der Waals surface area contributed by atoms with Gasteiger partial charge in [0.2, 0.25) is 4.96 Å². The third kappa shape index (κ3) is 4.06. The molecule has 0 atom stereocenters. The molecule has 0 bridgehead atoms. The van der Waals surface area contributed by atoms with Gasteiger partial charge >= 0.3 is 0 Å². The Balaban J connectivity index is 1.52. The van der Waals surface area contributed by atoms with Crippen LogP contribution in [0.15, 0.2) is 79.1 Å². The van der Waals surface area contributed by atoms with E-state index in [0.717, 1.165) is 32.5 Å². The molecule has 5 aromatic rings. The molecule has 8 heteroatoms. The number of furan rings is 1. The maximum Gasteiger partial charge on any atom is 0.296 e. The first-order chi connectivity index (χ1) is 15.5. The van der Waals surface area contributed by atoms with E-state index in [2.05, 4.69) is 26.0 Å². The minimum Gasteiger partial charge on any atom is -0.457 e. The minimum atomic E-state index is -0.423. The van der Waals surface area contributed by atoms with Crippen LogP contribution in [0.2, 0.25) is 0 Å². The van der Waals surface area contributed by atoms with E-state index in [1.807, 2.05) is 61.5 Å². The third-order valence-corrected chi connectivity index (χ3v) is 6.40. The third-order valence-electron chi connectivity index (χ3n) is 4.95. The molecule has 0 N–H and O–H groups in total. The van der Waals surface area contributed by atoms with Crippen LogP contribution < -0.4 is 15.7 Å². The highest BCUT2D eigenvalue weighted by Crippen LogP contribution is 2.25. The molecule has 0 aliphatic rings. The Morgan fingerprint density at radius 2 is 1.91 bits per heavy atom. The number of aryl methyl sites for hydroxylation is 1. The highest BCUT2D eigenvalue weighted by Gasteiger charge is 2.12. The molecular formula is C24H16BrN3O3S. The summed E-state index contributed by atoms with van der Waals surface area (Å²) in [6, 6.07) is 19.2. The van der Waals surface area contributed by atoms with Crippen molar-refractivity contribution in [2.45, 2.75) is 13.3 Å². The van der Waals surface area contributed by atoms with Crippen molar-refractivity contribution in [1.29, 1.82) is 0 Å². The van der Waals surface area contributed by atoms with E-state index in [4.69, 9.17) is 4.42 Å². The van der Waals surface area contributed by atoms with Crippen LogP contribution in [0.4, 0.5) is 0 Å². The second-order valence-electron chi connectivity index (χ2n) is 7.35. The van der Waals surface area contributed by atoms with Gasteiger partial charge in [0.05, 0.1) is 0 Å². The van der Waals surface area contributed by atoms with Crippen LogP contribution in [-0.4, -0.2) is 14.6 Å². The van der Waals surface area contributed by atoms with E-state index < -0.39 is 5.56 Å². The Bertz CT molecular complexity index is 1620. The number of aromatic nitrogens is 3. The maximum absolute atomic E-state index is 12.9. The predicted molar refractivity (Wildman–Crippen MR) is 128 cm³/mol. The van der Waals surface area contributed by atoms with Gasteiger partial charge in [0.25, 0.3) is 11.1 Å². The lowest BCUT2D eigenvalue weighted by molar-refractivity contribution is 0.571. The van der Waals surface area contributed by atoms with Gasteiger partial charge in [-0.15, -0.1) is 0 Å². The van der Waals surface area contributed by atoms with Gasteiger partial charge in [-0.05, 0) is 36.8 Å². The fraction of sp³-hybridized carbons (Fsp3) is 0.0833. The highest BCUT2D eigenvalue weighted by atomic mass is 79.9. The first kappa shape index (κ1) is 20.5. The van der Waals surface area contributed by atoms with Crippen molar-refractivity contribution in [3.05, 3.63) is 113 Å². The van der Waals surface area contributed by atoms with Crippen LogP contribution in [0.25, 0.3) is 22.4 Å². The number of fused-ring (bicyclic) bond motifs is 1. The molecule has 0 aliphatic carbocycles. The van der Waals surface area contributed by atoms with Crippen molar-refractivity contribution < 1.29 is 4.42 Å². The predicted octanol–water partition coefficient (Wildman–Crippen LogP) is 3.98. The molecule has 32 heavy (non-hydrogen) atoms. The molecule has 0 saturated carbocycles. The Labute approximate surface area is 194 Å². The molecule has 158 valence electrons. The standard InChI is InChI=1S/C24H16BrN3O3S/c1-14-5-7-15(8-6-14)11-19-22(29)26-24-28(27-19)23(30)21(32-24)13-18-9-10-20(31-18)16-3-2-4-17(25)12-16/h2-10,12-13H,11H2,1H3. The van der Waals surface area contributed by atoms with Gasteiger partial charge in [-0.25, -0.2) is 0 Å². The SMILES string of the molecule is Cc1ccc(Cc2nn3c(=O)c(=Cc4ccc(-c5cccc(Br)c5)o4)sc3nc2=O)cc1. The summed E-state index contributed by atoms with van der Waals surface area (Å²) in [7, 11) is 0. The summed E-state index contributed by atoms with van der Waals surface area (Å²) in [5, 5.41) is 4.30. The summed E-state index contributed by atoms with van der Waals surface area (Å²) in [5.41, 5.74) is 2.48. The molecule has 0 aliphatic heterocycles. The summed E-state index contributed by atoms with van der Waals surface area (Å²) in [6.07, 6.45) is 1.96. The van der Waals surface area contributed by atoms with Crippen LogP contribution in [-0.2, 0) is 6.42 Å². The number of halogens is 1. The molecule has 0 amide bonds. The zero-order valence-corrected chi connectivity index (χ0v) is 19.3. The largest absolute Gasteiger partial charge is 0.457 e.